The van der Waals surface area contributed by atoms with Crippen LogP contribution in [0.4, 0.5) is 0 Å². The van der Waals surface area contributed by atoms with Crippen molar-refractivity contribution in [3.63, 3.8) is 0 Å². The standard InChI is InChI=1S/C9H9N3O2S/c10-6(4-8(13)14)5-2-1-3-7-9(5)12-15-11-7/h1-3,6H,4,10H2,(H,13,14). The van der Waals surface area contributed by atoms with E-state index in [-0.39, 0.29) is 6.42 Å². The second-order valence-electron chi connectivity index (χ2n) is 3.18. The molecule has 1 atom stereocenters. The first-order valence-corrected chi connectivity index (χ1v) is 5.10. The van der Waals surface area contributed by atoms with E-state index in [1.807, 2.05) is 6.07 Å². The van der Waals surface area contributed by atoms with Crippen molar-refractivity contribution in [3.05, 3.63) is 23.8 Å². The summed E-state index contributed by atoms with van der Waals surface area (Å²) in [7, 11) is 0. The van der Waals surface area contributed by atoms with Gasteiger partial charge in [-0.2, -0.15) is 8.75 Å². The van der Waals surface area contributed by atoms with Crippen LogP contribution >= 0.6 is 11.7 Å². The number of hydrogen-bond acceptors (Lipinski definition) is 5. The molecule has 0 aliphatic heterocycles. The number of hydrogen-bond donors (Lipinski definition) is 2. The molecule has 15 heavy (non-hydrogen) atoms. The van der Waals surface area contributed by atoms with Gasteiger partial charge >= 0.3 is 5.97 Å². The number of rotatable bonds is 3. The minimum absolute atomic E-state index is 0.101. The summed E-state index contributed by atoms with van der Waals surface area (Å²) in [6.45, 7) is 0. The molecule has 0 amide bonds. The predicted molar refractivity (Wildman–Crippen MR) is 56.6 cm³/mol. The van der Waals surface area contributed by atoms with E-state index in [1.54, 1.807) is 12.1 Å². The quantitative estimate of drug-likeness (QED) is 0.815. The van der Waals surface area contributed by atoms with Crippen LogP contribution in [-0.4, -0.2) is 19.8 Å². The molecule has 0 spiro atoms. The van der Waals surface area contributed by atoms with Crippen molar-refractivity contribution >= 4 is 28.7 Å². The number of carboxylic acids is 1. The van der Waals surface area contributed by atoms with Crippen molar-refractivity contribution < 1.29 is 9.90 Å². The molecule has 1 aromatic heterocycles. The fourth-order valence-corrected chi connectivity index (χ4v) is 1.98. The van der Waals surface area contributed by atoms with Gasteiger partial charge in [-0.25, -0.2) is 0 Å². The molecular formula is C9H9N3O2S. The van der Waals surface area contributed by atoms with Gasteiger partial charge in [-0.15, -0.1) is 0 Å². The highest BCUT2D eigenvalue weighted by molar-refractivity contribution is 7.00. The Morgan fingerprint density at radius 2 is 2.33 bits per heavy atom. The minimum Gasteiger partial charge on any atom is -0.481 e. The average molecular weight is 223 g/mol. The number of carboxylic acid groups (broad SMARTS) is 1. The van der Waals surface area contributed by atoms with E-state index in [4.69, 9.17) is 10.8 Å². The molecule has 0 radical (unpaired) electrons. The normalized spacial score (nSPS) is 12.9. The van der Waals surface area contributed by atoms with Crippen LogP contribution < -0.4 is 5.73 Å². The summed E-state index contributed by atoms with van der Waals surface area (Å²) in [5.74, 6) is -0.914. The molecule has 2 rings (SSSR count). The van der Waals surface area contributed by atoms with Crippen molar-refractivity contribution in [1.82, 2.24) is 8.75 Å². The van der Waals surface area contributed by atoms with Gasteiger partial charge in [-0.1, -0.05) is 12.1 Å². The maximum absolute atomic E-state index is 10.5. The summed E-state index contributed by atoms with van der Waals surface area (Å²) in [4.78, 5) is 10.5. The van der Waals surface area contributed by atoms with Gasteiger partial charge in [0.2, 0.25) is 0 Å². The van der Waals surface area contributed by atoms with Crippen molar-refractivity contribution in [1.29, 1.82) is 0 Å². The van der Waals surface area contributed by atoms with Gasteiger partial charge in [0.15, 0.2) is 0 Å². The molecule has 2 aromatic rings. The number of aromatic nitrogens is 2. The number of benzene rings is 1. The first-order valence-electron chi connectivity index (χ1n) is 4.37. The highest BCUT2D eigenvalue weighted by Gasteiger charge is 2.15. The van der Waals surface area contributed by atoms with Gasteiger partial charge in [0.05, 0.1) is 18.1 Å². The van der Waals surface area contributed by atoms with Gasteiger partial charge < -0.3 is 10.8 Å². The monoisotopic (exact) mass is 223 g/mol. The van der Waals surface area contributed by atoms with Crippen LogP contribution in [0.2, 0.25) is 0 Å². The summed E-state index contributed by atoms with van der Waals surface area (Å²) in [5.41, 5.74) is 7.98. The van der Waals surface area contributed by atoms with Crippen molar-refractivity contribution in [2.45, 2.75) is 12.5 Å². The van der Waals surface area contributed by atoms with Crippen molar-refractivity contribution in [2.24, 2.45) is 5.73 Å². The molecule has 0 saturated carbocycles. The van der Waals surface area contributed by atoms with Gasteiger partial charge in [-0.05, 0) is 11.6 Å². The zero-order chi connectivity index (χ0) is 10.8. The van der Waals surface area contributed by atoms with Crippen LogP contribution in [0.3, 0.4) is 0 Å². The van der Waals surface area contributed by atoms with Crippen LogP contribution in [-0.2, 0) is 4.79 Å². The molecule has 0 aliphatic carbocycles. The Balaban J connectivity index is 2.42. The Kier molecular flexibility index (Phi) is 2.61. The maximum Gasteiger partial charge on any atom is 0.305 e. The van der Waals surface area contributed by atoms with E-state index in [9.17, 15) is 4.79 Å². The number of carbonyl (C=O) groups is 1. The molecule has 1 unspecified atom stereocenters. The highest BCUT2D eigenvalue weighted by Crippen LogP contribution is 2.23. The number of nitrogens with two attached hydrogens (primary N) is 1. The zero-order valence-corrected chi connectivity index (χ0v) is 8.57. The molecule has 78 valence electrons. The van der Waals surface area contributed by atoms with Gasteiger partial charge in [0.1, 0.15) is 11.0 Å². The van der Waals surface area contributed by atoms with E-state index < -0.39 is 12.0 Å². The van der Waals surface area contributed by atoms with Crippen LogP contribution in [0.25, 0.3) is 11.0 Å². The topological polar surface area (TPSA) is 89.1 Å². The summed E-state index contributed by atoms with van der Waals surface area (Å²) in [6, 6.07) is 4.89. The van der Waals surface area contributed by atoms with Gasteiger partial charge in [0.25, 0.3) is 0 Å². The Morgan fingerprint density at radius 3 is 3.07 bits per heavy atom. The second kappa shape index (κ2) is 3.92. The minimum atomic E-state index is -0.914. The second-order valence-corrected chi connectivity index (χ2v) is 3.71. The van der Waals surface area contributed by atoms with Crippen LogP contribution in [0.15, 0.2) is 18.2 Å². The summed E-state index contributed by atoms with van der Waals surface area (Å²) in [5, 5.41) is 8.65. The molecule has 0 fully saturated rings. The summed E-state index contributed by atoms with van der Waals surface area (Å²) in [6.07, 6.45) is -0.101. The van der Waals surface area contributed by atoms with E-state index in [0.717, 1.165) is 22.8 Å². The third-order valence-corrected chi connectivity index (χ3v) is 2.65. The van der Waals surface area contributed by atoms with Gasteiger partial charge in [-0.3, -0.25) is 4.79 Å². The van der Waals surface area contributed by atoms with E-state index >= 15 is 0 Å². The van der Waals surface area contributed by atoms with E-state index in [1.165, 1.54) is 0 Å². The third kappa shape index (κ3) is 1.95. The summed E-state index contributed by atoms with van der Waals surface area (Å²) >= 11 is 1.10. The Morgan fingerprint density at radius 1 is 1.53 bits per heavy atom. The lowest BCUT2D eigenvalue weighted by Gasteiger charge is -2.08. The molecule has 0 bridgehead atoms. The largest absolute Gasteiger partial charge is 0.481 e. The Hall–Kier alpha value is -1.53. The zero-order valence-electron chi connectivity index (χ0n) is 7.75. The molecule has 1 heterocycles. The van der Waals surface area contributed by atoms with Crippen LogP contribution in [0.5, 0.6) is 0 Å². The Labute approximate surface area is 89.9 Å². The highest BCUT2D eigenvalue weighted by atomic mass is 32.1. The lowest BCUT2D eigenvalue weighted by molar-refractivity contribution is -0.137. The van der Waals surface area contributed by atoms with Crippen LogP contribution in [0, 0.1) is 0 Å². The molecule has 0 saturated heterocycles. The first-order chi connectivity index (χ1) is 7.18. The maximum atomic E-state index is 10.5. The van der Waals surface area contributed by atoms with Crippen molar-refractivity contribution in [2.75, 3.05) is 0 Å². The lowest BCUT2D eigenvalue weighted by atomic mass is 10.0. The Bertz CT molecular complexity index is 497. The number of aliphatic carboxylic acids is 1. The number of fused-ring (bicyclic) bond motifs is 1. The van der Waals surface area contributed by atoms with Gasteiger partial charge in [0, 0.05) is 6.04 Å². The molecule has 5 nitrogen and oxygen atoms in total. The molecule has 1 aromatic carbocycles. The molecule has 0 aliphatic rings. The molecular weight excluding hydrogens is 214 g/mol. The predicted octanol–water partition coefficient (Wildman–Crippen LogP) is 1.17. The van der Waals surface area contributed by atoms with Crippen molar-refractivity contribution in [3.8, 4) is 0 Å². The fraction of sp³-hybridized carbons (Fsp3) is 0.222. The third-order valence-electron chi connectivity index (χ3n) is 2.11. The first kappa shape index (κ1) is 10.0. The average Bonchev–Trinajstić information content (AvgIpc) is 2.63. The van der Waals surface area contributed by atoms with E-state index in [0.29, 0.717) is 5.52 Å². The SMILES string of the molecule is NC(CC(=O)O)c1cccc2nsnc12. The molecule has 6 heteroatoms. The number of nitrogens with zero attached hydrogens (tertiary/aromatic N) is 2. The van der Waals surface area contributed by atoms with Crippen LogP contribution in [0.1, 0.15) is 18.0 Å². The lowest BCUT2D eigenvalue weighted by Crippen LogP contribution is -2.15. The molecule has 3 N–H and O–H groups in total. The smallest absolute Gasteiger partial charge is 0.305 e. The summed E-state index contributed by atoms with van der Waals surface area (Å²) < 4.78 is 8.17. The van der Waals surface area contributed by atoms with E-state index in [2.05, 4.69) is 8.75 Å². The fourth-order valence-electron chi connectivity index (χ4n) is 1.42.